The van der Waals surface area contributed by atoms with Gasteiger partial charge in [-0.2, -0.15) is 0 Å². The Labute approximate surface area is 431 Å². The van der Waals surface area contributed by atoms with E-state index in [0.29, 0.717) is 11.5 Å². The van der Waals surface area contributed by atoms with Gasteiger partial charge in [-0.15, -0.1) is 0 Å². The third-order valence-corrected chi connectivity index (χ3v) is 12.0. The van der Waals surface area contributed by atoms with Gasteiger partial charge in [0.1, 0.15) is 74.2 Å². The van der Waals surface area contributed by atoms with Gasteiger partial charge in [-0.1, -0.05) is 70.0 Å². The Morgan fingerprint density at radius 1 is 0.581 bits per heavy atom. The average Bonchev–Trinajstić information content (AvgIpc) is 3.36. The minimum Gasteiger partial charge on any atom is -0.493 e. The molecule has 3 aromatic rings. The van der Waals surface area contributed by atoms with Crippen LogP contribution in [0.25, 0.3) is 22.3 Å². The van der Waals surface area contributed by atoms with Gasteiger partial charge in [0.25, 0.3) is 0 Å². The summed E-state index contributed by atoms with van der Waals surface area (Å²) >= 11 is 0. The van der Waals surface area contributed by atoms with E-state index in [1.807, 2.05) is 6.07 Å². The third-order valence-electron chi connectivity index (χ3n) is 12.0. The van der Waals surface area contributed by atoms with Crippen molar-refractivity contribution in [1.29, 1.82) is 0 Å². The van der Waals surface area contributed by atoms with Crippen molar-refractivity contribution in [2.45, 2.75) is 111 Å². The molecular formula is C56H67FO17. The first kappa shape index (κ1) is 59.2. The quantitative estimate of drug-likeness (QED) is 0.0165. The van der Waals surface area contributed by atoms with E-state index in [-0.39, 0.29) is 64.2 Å². The molecule has 0 radical (unpaired) electrons. The fraction of sp³-hybridized carbons (Fsp3) is 0.464. The van der Waals surface area contributed by atoms with Crippen LogP contribution in [0.4, 0.5) is 4.39 Å². The lowest BCUT2D eigenvalue weighted by atomic mass is 9.77. The van der Waals surface area contributed by atoms with Crippen molar-refractivity contribution < 1.29 is 85.4 Å². The maximum absolute atomic E-state index is 16.5. The number of benzene rings is 3. The summed E-state index contributed by atoms with van der Waals surface area (Å²) in [4.78, 5) is 101. The van der Waals surface area contributed by atoms with Gasteiger partial charge in [0.2, 0.25) is 0 Å². The molecule has 1 fully saturated rings. The number of rotatable bonds is 28. The van der Waals surface area contributed by atoms with Gasteiger partial charge in [0, 0.05) is 27.8 Å². The lowest BCUT2D eigenvalue weighted by Gasteiger charge is -2.32. The van der Waals surface area contributed by atoms with Crippen molar-refractivity contribution in [3.05, 3.63) is 90.3 Å². The summed E-state index contributed by atoms with van der Waals surface area (Å²) in [6.07, 6.45) is 6.48. The summed E-state index contributed by atoms with van der Waals surface area (Å²) in [6.45, 7) is 13.0. The largest absolute Gasteiger partial charge is 0.493 e. The number of esters is 8. The molecule has 17 nitrogen and oxygen atoms in total. The normalized spacial score (nSPS) is 14.1. The molecular weight excluding hydrogens is 964 g/mol. The molecule has 0 N–H and O–H groups in total. The molecule has 3 aromatic carbocycles. The van der Waals surface area contributed by atoms with E-state index in [1.54, 1.807) is 32.0 Å². The summed E-state index contributed by atoms with van der Waals surface area (Å²) in [6, 6.07) is 13.9. The van der Waals surface area contributed by atoms with Crippen LogP contribution in [0, 0.1) is 17.2 Å². The van der Waals surface area contributed by atoms with Crippen LogP contribution in [0.5, 0.6) is 17.2 Å². The Hall–Kier alpha value is -7.37. The van der Waals surface area contributed by atoms with Crippen molar-refractivity contribution in [2.75, 3.05) is 46.8 Å². The third kappa shape index (κ3) is 18.6. The molecule has 0 atom stereocenters. The predicted molar refractivity (Wildman–Crippen MR) is 267 cm³/mol. The fourth-order valence-corrected chi connectivity index (χ4v) is 7.93. The molecule has 400 valence electrons. The van der Waals surface area contributed by atoms with Crippen LogP contribution in [-0.2, 0) is 66.8 Å². The predicted octanol–water partition coefficient (Wildman–Crippen LogP) is 9.44. The van der Waals surface area contributed by atoms with E-state index in [1.165, 1.54) is 69.9 Å². The number of hydrogen-bond donors (Lipinski definition) is 0. The Balaban J connectivity index is 1.73. The highest BCUT2D eigenvalue weighted by Gasteiger charge is 2.38. The van der Waals surface area contributed by atoms with Gasteiger partial charge in [0.15, 0.2) is 0 Å². The summed E-state index contributed by atoms with van der Waals surface area (Å²) in [5.41, 5.74) is 0.0578. The van der Waals surface area contributed by atoms with Gasteiger partial charge >= 0.3 is 47.8 Å². The monoisotopic (exact) mass is 1030 g/mol. The number of ether oxygens (including phenoxy) is 9. The molecule has 1 saturated carbocycles. The number of methoxy groups -OCH3 is 1. The number of unbranched alkanes of at least 4 members (excludes halogenated alkanes) is 2. The van der Waals surface area contributed by atoms with Crippen LogP contribution >= 0.6 is 0 Å². The van der Waals surface area contributed by atoms with Crippen molar-refractivity contribution in [3.63, 3.8) is 0 Å². The van der Waals surface area contributed by atoms with Crippen LogP contribution in [-0.4, -0.2) is 94.5 Å². The zero-order chi connectivity index (χ0) is 54.4. The minimum absolute atomic E-state index is 0.0143. The lowest BCUT2D eigenvalue weighted by Crippen LogP contribution is -2.44. The van der Waals surface area contributed by atoms with Crippen LogP contribution in [0.1, 0.15) is 117 Å². The summed E-state index contributed by atoms with van der Waals surface area (Å²) in [5, 5.41) is 0. The SMILES string of the molecule is C=C(C)C(=O)Oc1cc(-c2ccc(C3CCC(CCCCC)CC3)cc2F)c(OC(=O)C(=C)C)cc1-c1ccc(OCC(COC(=O)CC(=O)OC)(COC(=O)CC(=O)OCC)COC(=O)CC(=O)OCC)cc1. The zero-order valence-corrected chi connectivity index (χ0v) is 43.1. The highest BCUT2D eigenvalue weighted by Crippen LogP contribution is 2.44. The molecule has 1 aliphatic carbocycles. The molecule has 0 unspecified atom stereocenters. The molecule has 4 rings (SSSR count). The first-order valence-corrected chi connectivity index (χ1v) is 24.6. The second-order valence-corrected chi connectivity index (χ2v) is 18.1. The van der Waals surface area contributed by atoms with Crippen LogP contribution in [0.3, 0.4) is 0 Å². The second-order valence-electron chi connectivity index (χ2n) is 18.1. The van der Waals surface area contributed by atoms with Crippen molar-refractivity contribution in [3.8, 4) is 39.5 Å². The number of hydrogen-bond acceptors (Lipinski definition) is 17. The van der Waals surface area contributed by atoms with E-state index in [2.05, 4.69) is 24.8 Å². The Kier molecular flexibility index (Phi) is 23.5. The molecule has 0 spiro atoms. The molecule has 0 bridgehead atoms. The van der Waals surface area contributed by atoms with E-state index in [0.717, 1.165) is 38.4 Å². The Morgan fingerprint density at radius 3 is 1.54 bits per heavy atom. The van der Waals surface area contributed by atoms with Gasteiger partial charge in [-0.05, 0) is 107 Å². The lowest BCUT2D eigenvalue weighted by molar-refractivity contribution is -0.167. The first-order valence-electron chi connectivity index (χ1n) is 24.6. The van der Waals surface area contributed by atoms with Gasteiger partial charge < -0.3 is 42.6 Å². The van der Waals surface area contributed by atoms with Crippen molar-refractivity contribution >= 4 is 47.8 Å². The molecule has 0 heterocycles. The maximum Gasteiger partial charge on any atom is 0.338 e. The molecule has 1 aliphatic rings. The van der Waals surface area contributed by atoms with Crippen LogP contribution in [0.15, 0.2) is 78.9 Å². The molecule has 74 heavy (non-hydrogen) atoms. The maximum atomic E-state index is 16.5. The molecule has 0 aliphatic heterocycles. The smallest absolute Gasteiger partial charge is 0.338 e. The number of carbonyl (C=O) groups excluding carboxylic acids is 8. The molecule has 18 heteroatoms. The molecule has 0 aromatic heterocycles. The van der Waals surface area contributed by atoms with E-state index < -0.39 is 105 Å². The fourth-order valence-electron chi connectivity index (χ4n) is 7.93. The van der Waals surface area contributed by atoms with Crippen molar-refractivity contribution in [1.82, 2.24) is 0 Å². The summed E-state index contributed by atoms with van der Waals surface area (Å²) in [7, 11) is 1.06. The standard InChI is InChI=1S/C56H67FO17/c1-9-12-13-14-37-15-17-38(18-16-37)40-21-24-42(45(57)25-40)44-27-46(73-54(64)35(4)5)43(26-47(44)74-55(65)36(6)7)39-19-22-41(23-20-39)69-31-56(32-70-51(61)28-48(58)66-8,33-71-52(62)29-49(59)67-10-2)34-72-53(63)30-50(60)68-11-3/h19-27,37-38H,4,6,9-18,28-34H2,1-3,5,7-8H3. The molecule has 0 amide bonds. The average molecular weight is 1030 g/mol. The summed E-state index contributed by atoms with van der Waals surface area (Å²) < 4.78 is 64.6. The number of halogens is 1. The van der Waals surface area contributed by atoms with E-state index in [9.17, 15) is 38.4 Å². The first-order chi connectivity index (χ1) is 35.3. The Morgan fingerprint density at radius 2 is 1.07 bits per heavy atom. The second kappa shape index (κ2) is 29.4. The van der Waals surface area contributed by atoms with Crippen LogP contribution in [0.2, 0.25) is 0 Å². The molecule has 0 saturated heterocycles. The highest BCUT2D eigenvalue weighted by atomic mass is 19.1. The van der Waals surface area contributed by atoms with Gasteiger partial charge in [-0.3, -0.25) is 28.8 Å². The van der Waals surface area contributed by atoms with E-state index >= 15 is 4.39 Å². The minimum atomic E-state index is -1.75. The van der Waals surface area contributed by atoms with Crippen molar-refractivity contribution in [2.24, 2.45) is 11.3 Å². The van der Waals surface area contributed by atoms with E-state index in [4.69, 9.17) is 37.9 Å². The van der Waals surface area contributed by atoms with Gasteiger partial charge in [0.05, 0.1) is 20.3 Å². The highest BCUT2D eigenvalue weighted by molar-refractivity contribution is 5.94. The Bertz CT molecular complexity index is 2470. The number of carbonyl (C=O) groups is 8. The topological polar surface area (TPSA) is 220 Å². The van der Waals surface area contributed by atoms with Crippen LogP contribution < -0.4 is 14.2 Å². The van der Waals surface area contributed by atoms with Gasteiger partial charge in [-0.25, -0.2) is 14.0 Å². The summed E-state index contributed by atoms with van der Waals surface area (Å²) in [5.74, 6) is -7.13. The zero-order valence-electron chi connectivity index (χ0n) is 43.1.